The third-order valence-corrected chi connectivity index (χ3v) is 4.39. The zero-order chi connectivity index (χ0) is 15.6. The molecule has 0 fully saturated rings. The lowest BCUT2D eigenvalue weighted by Crippen LogP contribution is -2.05. The first-order chi connectivity index (χ1) is 9.90. The number of hydrogen-bond donors (Lipinski definition) is 2. The lowest BCUT2D eigenvalue weighted by Gasteiger charge is -2.04. The zero-order valence-electron chi connectivity index (χ0n) is 11.7. The van der Waals surface area contributed by atoms with E-state index in [9.17, 15) is 19.8 Å². The lowest BCUT2D eigenvalue weighted by atomic mass is 10.0. The summed E-state index contributed by atoms with van der Waals surface area (Å²) in [6.07, 6.45) is 0.202. The molecule has 21 heavy (non-hydrogen) atoms. The summed E-state index contributed by atoms with van der Waals surface area (Å²) in [5, 5.41) is 19.2. The van der Waals surface area contributed by atoms with Crippen molar-refractivity contribution >= 4 is 23.3 Å². The number of thiazole rings is 1. The van der Waals surface area contributed by atoms with E-state index in [4.69, 9.17) is 0 Å². The molecule has 0 bridgehead atoms. The molecule has 0 saturated heterocycles. The molecule has 5 nitrogen and oxygen atoms in total. The summed E-state index contributed by atoms with van der Waals surface area (Å²) < 4.78 is 0. The molecule has 0 spiro atoms. The van der Waals surface area contributed by atoms with Gasteiger partial charge < -0.3 is 10.2 Å². The van der Waals surface area contributed by atoms with E-state index in [2.05, 4.69) is 4.98 Å². The first kappa shape index (κ1) is 15.2. The molecule has 6 heteroatoms. The Kier molecular flexibility index (Phi) is 4.37. The Morgan fingerprint density at radius 3 is 2.43 bits per heavy atom. The van der Waals surface area contributed by atoms with Gasteiger partial charge in [-0.2, -0.15) is 0 Å². The normalized spacial score (nSPS) is 10.8. The summed E-state index contributed by atoms with van der Waals surface area (Å²) in [6, 6.07) is 6.57. The number of hydrogen-bond acceptors (Lipinski definition) is 4. The minimum atomic E-state index is -1.03. The maximum atomic E-state index is 11.3. The molecule has 0 unspecified atom stereocenters. The smallest absolute Gasteiger partial charge is 0.347 e. The third-order valence-electron chi connectivity index (χ3n) is 3.01. The number of aromatic carboxylic acids is 2. The van der Waals surface area contributed by atoms with E-state index >= 15 is 0 Å². The highest BCUT2D eigenvalue weighted by molar-refractivity contribution is 7.13. The molecule has 0 amide bonds. The topological polar surface area (TPSA) is 87.5 Å². The van der Waals surface area contributed by atoms with Crippen molar-refractivity contribution in [1.29, 1.82) is 0 Å². The molecule has 2 N–H and O–H groups in total. The van der Waals surface area contributed by atoms with Gasteiger partial charge in [-0.05, 0) is 11.6 Å². The van der Waals surface area contributed by atoms with Crippen molar-refractivity contribution in [3.63, 3.8) is 0 Å². The Morgan fingerprint density at radius 1 is 1.19 bits per heavy atom. The molecule has 2 rings (SSSR count). The van der Waals surface area contributed by atoms with Crippen LogP contribution in [0, 0.1) is 0 Å². The van der Waals surface area contributed by atoms with E-state index in [0.717, 1.165) is 16.3 Å². The zero-order valence-corrected chi connectivity index (χ0v) is 12.5. The van der Waals surface area contributed by atoms with Crippen LogP contribution < -0.4 is 0 Å². The highest BCUT2D eigenvalue weighted by atomic mass is 32.1. The molecular formula is C15H15NO4S. The monoisotopic (exact) mass is 305 g/mol. The van der Waals surface area contributed by atoms with Crippen LogP contribution >= 0.6 is 11.3 Å². The number of carboxylic acid groups (broad SMARTS) is 2. The number of aromatic nitrogens is 1. The molecule has 110 valence electrons. The molecular weight excluding hydrogens is 290 g/mol. The Labute approximate surface area is 125 Å². The van der Waals surface area contributed by atoms with Gasteiger partial charge in [0.05, 0.1) is 16.3 Å². The molecule has 1 aromatic carbocycles. The van der Waals surface area contributed by atoms with E-state index in [-0.39, 0.29) is 22.8 Å². The van der Waals surface area contributed by atoms with Crippen LogP contribution in [0.15, 0.2) is 24.3 Å². The van der Waals surface area contributed by atoms with E-state index in [1.807, 2.05) is 13.8 Å². The fourth-order valence-electron chi connectivity index (χ4n) is 1.97. The summed E-state index contributed by atoms with van der Waals surface area (Å²) >= 11 is 1.15. The molecule has 0 saturated carbocycles. The predicted molar refractivity (Wildman–Crippen MR) is 79.4 cm³/mol. The average molecular weight is 305 g/mol. The van der Waals surface area contributed by atoms with Gasteiger partial charge in [-0.15, -0.1) is 11.3 Å². The van der Waals surface area contributed by atoms with Crippen LogP contribution in [0.2, 0.25) is 0 Å². The standard InChI is InChI=1S/C15H15NO4S/c1-8(2)13-16-11(12(21-13)15(19)20)7-9-5-3-4-6-10(9)14(17)18/h3-6,8H,7H2,1-2H3,(H,17,18)(H,19,20). The quantitative estimate of drug-likeness (QED) is 0.885. The second-order valence-electron chi connectivity index (χ2n) is 4.93. The SMILES string of the molecule is CC(C)c1nc(Cc2ccccc2C(=O)O)c(C(=O)O)s1. The Balaban J connectivity index is 2.44. The van der Waals surface area contributed by atoms with Crippen LogP contribution in [0.25, 0.3) is 0 Å². The predicted octanol–water partition coefficient (Wildman–Crippen LogP) is 3.25. The van der Waals surface area contributed by atoms with Gasteiger partial charge in [-0.1, -0.05) is 32.0 Å². The fraction of sp³-hybridized carbons (Fsp3) is 0.267. The van der Waals surface area contributed by atoms with Crippen molar-refractivity contribution in [1.82, 2.24) is 4.98 Å². The van der Waals surface area contributed by atoms with Gasteiger partial charge >= 0.3 is 11.9 Å². The molecule has 0 radical (unpaired) electrons. The molecule has 0 aliphatic carbocycles. The van der Waals surface area contributed by atoms with Gasteiger partial charge in [0.1, 0.15) is 4.88 Å². The Hall–Kier alpha value is -2.21. The van der Waals surface area contributed by atoms with E-state index in [0.29, 0.717) is 11.3 Å². The van der Waals surface area contributed by atoms with Crippen molar-refractivity contribution in [2.75, 3.05) is 0 Å². The second kappa shape index (κ2) is 6.05. The van der Waals surface area contributed by atoms with Gasteiger partial charge in [0.2, 0.25) is 0 Å². The lowest BCUT2D eigenvalue weighted by molar-refractivity contribution is 0.0688. The number of carboxylic acids is 2. The number of rotatable bonds is 5. The van der Waals surface area contributed by atoms with Crippen LogP contribution in [0.4, 0.5) is 0 Å². The summed E-state index contributed by atoms with van der Waals surface area (Å²) in [5.41, 5.74) is 1.16. The summed E-state index contributed by atoms with van der Waals surface area (Å²) in [5.74, 6) is -1.92. The number of carbonyl (C=O) groups is 2. The van der Waals surface area contributed by atoms with Gasteiger partial charge in [-0.25, -0.2) is 14.6 Å². The Morgan fingerprint density at radius 2 is 1.86 bits per heavy atom. The molecule has 0 atom stereocenters. The minimum absolute atomic E-state index is 0.136. The van der Waals surface area contributed by atoms with Crippen molar-refractivity contribution in [2.45, 2.75) is 26.2 Å². The van der Waals surface area contributed by atoms with Crippen LogP contribution in [-0.2, 0) is 6.42 Å². The highest BCUT2D eigenvalue weighted by Gasteiger charge is 2.20. The minimum Gasteiger partial charge on any atom is -0.478 e. The first-order valence-electron chi connectivity index (χ1n) is 6.44. The molecule has 1 heterocycles. The summed E-state index contributed by atoms with van der Waals surface area (Å²) in [6.45, 7) is 3.89. The summed E-state index contributed by atoms with van der Waals surface area (Å²) in [7, 11) is 0. The fourth-order valence-corrected chi connectivity index (χ4v) is 2.89. The second-order valence-corrected chi connectivity index (χ2v) is 5.96. The van der Waals surface area contributed by atoms with Gasteiger partial charge in [0, 0.05) is 12.3 Å². The van der Waals surface area contributed by atoms with Gasteiger partial charge in [0.25, 0.3) is 0 Å². The highest BCUT2D eigenvalue weighted by Crippen LogP contribution is 2.27. The maximum absolute atomic E-state index is 11.3. The van der Waals surface area contributed by atoms with Crippen molar-refractivity contribution in [3.05, 3.63) is 51.0 Å². The van der Waals surface area contributed by atoms with E-state index in [1.165, 1.54) is 6.07 Å². The maximum Gasteiger partial charge on any atom is 0.347 e. The third kappa shape index (κ3) is 3.28. The summed E-state index contributed by atoms with van der Waals surface area (Å²) in [4.78, 5) is 27.1. The van der Waals surface area contributed by atoms with Crippen molar-refractivity contribution in [3.8, 4) is 0 Å². The van der Waals surface area contributed by atoms with Crippen LogP contribution in [-0.4, -0.2) is 27.1 Å². The van der Waals surface area contributed by atoms with Crippen molar-refractivity contribution < 1.29 is 19.8 Å². The van der Waals surface area contributed by atoms with E-state index < -0.39 is 11.9 Å². The molecule has 0 aliphatic rings. The van der Waals surface area contributed by atoms with E-state index in [1.54, 1.807) is 18.2 Å². The van der Waals surface area contributed by atoms with Gasteiger partial charge in [0.15, 0.2) is 0 Å². The molecule has 1 aromatic heterocycles. The Bertz CT molecular complexity index is 691. The largest absolute Gasteiger partial charge is 0.478 e. The number of nitrogens with zero attached hydrogens (tertiary/aromatic N) is 1. The number of benzene rings is 1. The van der Waals surface area contributed by atoms with Gasteiger partial charge in [-0.3, -0.25) is 0 Å². The van der Waals surface area contributed by atoms with Crippen LogP contribution in [0.1, 0.15) is 56.1 Å². The van der Waals surface area contributed by atoms with Crippen LogP contribution in [0.3, 0.4) is 0 Å². The van der Waals surface area contributed by atoms with Crippen molar-refractivity contribution in [2.24, 2.45) is 0 Å². The van der Waals surface area contributed by atoms with Crippen LogP contribution in [0.5, 0.6) is 0 Å². The molecule has 0 aliphatic heterocycles. The average Bonchev–Trinajstić information content (AvgIpc) is 2.83. The molecule has 2 aromatic rings. The first-order valence-corrected chi connectivity index (χ1v) is 7.26.